The van der Waals surface area contributed by atoms with Gasteiger partial charge in [-0.1, -0.05) is 11.4 Å². The number of furan rings is 1. The Morgan fingerprint density at radius 1 is 1.40 bits per heavy atom. The Balaban J connectivity index is 2.46. The van der Waals surface area contributed by atoms with E-state index >= 15 is 0 Å². The molecule has 2 aromatic rings. The van der Waals surface area contributed by atoms with Crippen LogP contribution in [0.3, 0.4) is 0 Å². The highest BCUT2D eigenvalue weighted by Crippen LogP contribution is 2.27. The van der Waals surface area contributed by atoms with Crippen LogP contribution in [-0.2, 0) is 4.79 Å². The normalized spacial score (nSPS) is 14.0. The van der Waals surface area contributed by atoms with Crippen LogP contribution in [0, 0.1) is 0 Å². The van der Waals surface area contributed by atoms with Gasteiger partial charge in [0.2, 0.25) is 0 Å². The molecule has 0 saturated heterocycles. The third kappa shape index (κ3) is 4.66. The average Bonchev–Trinajstić information content (AvgIpc) is 3.22. The Bertz CT molecular complexity index is 692. The highest BCUT2D eigenvalue weighted by Gasteiger charge is 2.38. The van der Waals surface area contributed by atoms with Gasteiger partial charge in [-0.3, -0.25) is 9.59 Å². The molecule has 0 aliphatic rings. The van der Waals surface area contributed by atoms with E-state index in [0.717, 1.165) is 11.5 Å². The predicted molar refractivity (Wildman–Crippen MR) is 95.2 cm³/mol. The van der Waals surface area contributed by atoms with E-state index in [4.69, 9.17) is 4.42 Å². The Morgan fingerprint density at radius 2 is 2.12 bits per heavy atom. The molecule has 0 fully saturated rings. The summed E-state index contributed by atoms with van der Waals surface area (Å²) in [7, 11) is 0. The molecule has 0 spiro atoms. The summed E-state index contributed by atoms with van der Waals surface area (Å²) in [6.07, 6.45) is 2.18. The fraction of sp³-hybridized carbons (Fsp3) is 0.529. The molecule has 2 amide bonds. The molecule has 2 aromatic heterocycles. The van der Waals surface area contributed by atoms with Crippen molar-refractivity contribution in [2.75, 3.05) is 0 Å². The molecule has 0 radical (unpaired) electrons. The number of nitrogens with one attached hydrogen (secondary N) is 1. The predicted octanol–water partition coefficient (Wildman–Crippen LogP) is 3.03. The highest BCUT2D eigenvalue weighted by molar-refractivity contribution is 7.03. The maximum atomic E-state index is 13.0. The second-order valence-corrected chi connectivity index (χ2v) is 7.53. The Labute approximate surface area is 151 Å². The van der Waals surface area contributed by atoms with Gasteiger partial charge in [0.1, 0.15) is 5.76 Å². The first-order valence-electron chi connectivity index (χ1n) is 8.19. The summed E-state index contributed by atoms with van der Waals surface area (Å²) < 4.78 is 9.24. The van der Waals surface area contributed by atoms with E-state index in [2.05, 4.69) is 14.9 Å². The quantitative estimate of drug-likeness (QED) is 0.851. The van der Waals surface area contributed by atoms with Gasteiger partial charge in [-0.2, -0.15) is 0 Å². The minimum Gasteiger partial charge on any atom is -0.467 e. The number of hydrogen-bond acceptors (Lipinski definition) is 6. The molecular formula is C17H24N4O3S. The van der Waals surface area contributed by atoms with Gasteiger partial charge in [0, 0.05) is 17.0 Å². The number of hydrogen-bond donors (Lipinski definition) is 1. The van der Waals surface area contributed by atoms with Crippen molar-refractivity contribution in [3.8, 4) is 0 Å². The van der Waals surface area contributed by atoms with Crippen molar-refractivity contribution >= 4 is 23.3 Å². The van der Waals surface area contributed by atoms with E-state index in [1.165, 1.54) is 11.2 Å². The molecular weight excluding hydrogens is 340 g/mol. The summed E-state index contributed by atoms with van der Waals surface area (Å²) >= 11 is 1.10. The van der Waals surface area contributed by atoms with E-state index in [1.54, 1.807) is 17.5 Å². The number of amides is 2. The van der Waals surface area contributed by atoms with Gasteiger partial charge >= 0.3 is 0 Å². The molecule has 8 heteroatoms. The van der Waals surface area contributed by atoms with Crippen LogP contribution < -0.4 is 5.32 Å². The Kier molecular flexibility index (Phi) is 5.94. The summed E-state index contributed by atoms with van der Waals surface area (Å²) in [6.45, 7) is 9.54. The standard InChI is InChI=1S/C17H24N4O3S/c1-6-11(2)21(16(23)12-10-25-20-19-12)14(13-8-7-9-24-13)15(22)18-17(3,4)5/h7-11,14H,6H2,1-5H3,(H,18,22)/t11-,14-/m0/s1. The van der Waals surface area contributed by atoms with Crippen molar-refractivity contribution in [1.29, 1.82) is 0 Å². The minimum absolute atomic E-state index is 0.185. The molecule has 25 heavy (non-hydrogen) atoms. The molecule has 2 atom stereocenters. The van der Waals surface area contributed by atoms with E-state index < -0.39 is 11.6 Å². The topological polar surface area (TPSA) is 88.3 Å². The molecule has 1 N–H and O–H groups in total. The smallest absolute Gasteiger partial charge is 0.276 e. The van der Waals surface area contributed by atoms with Crippen LogP contribution in [0.15, 0.2) is 28.2 Å². The fourth-order valence-electron chi connectivity index (χ4n) is 2.44. The van der Waals surface area contributed by atoms with Crippen LogP contribution in [0.4, 0.5) is 0 Å². The van der Waals surface area contributed by atoms with Crippen LogP contribution in [-0.4, -0.2) is 37.9 Å². The van der Waals surface area contributed by atoms with Crippen LogP contribution in [0.5, 0.6) is 0 Å². The fourth-order valence-corrected chi connectivity index (χ4v) is 2.87. The molecule has 0 aromatic carbocycles. The van der Waals surface area contributed by atoms with E-state index in [1.807, 2.05) is 34.6 Å². The van der Waals surface area contributed by atoms with Gasteiger partial charge < -0.3 is 14.6 Å². The number of carbonyl (C=O) groups is 2. The second kappa shape index (κ2) is 7.77. The van der Waals surface area contributed by atoms with Crippen molar-refractivity contribution in [3.63, 3.8) is 0 Å². The van der Waals surface area contributed by atoms with Crippen LogP contribution in [0.1, 0.15) is 63.3 Å². The van der Waals surface area contributed by atoms with Crippen molar-refractivity contribution < 1.29 is 14.0 Å². The third-order valence-electron chi connectivity index (χ3n) is 3.72. The lowest BCUT2D eigenvalue weighted by molar-refractivity contribution is -0.128. The zero-order valence-corrected chi connectivity index (χ0v) is 16.0. The SMILES string of the molecule is CC[C@H](C)N(C(=O)c1csnn1)[C@H](C(=O)NC(C)(C)C)c1ccco1. The Morgan fingerprint density at radius 3 is 2.60 bits per heavy atom. The molecule has 136 valence electrons. The molecule has 0 saturated carbocycles. The number of rotatable bonds is 6. The summed E-state index contributed by atoms with van der Waals surface area (Å²) in [5, 5.41) is 8.39. The average molecular weight is 364 g/mol. The first-order chi connectivity index (χ1) is 11.7. The second-order valence-electron chi connectivity index (χ2n) is 6.92. The minimum atomic E-state index is -0.877. The number of carbonyl (C=O) groups excluding carboxylic acids is 2. The van der Waals surface area contributed by atoms with Crippen molar-refractivity contribution in [2.45, 2.75) is 58.7 Å². The zero-order chi connectivity index (χ0) is 18.6. The van der Waals surface area contributed by atoms with Crippen LogP contribution in [0.25, 0.3) is 0 Å². The molecule has 0 unspecified atom stereocenters. The first-order valence-corrected chi connectivity index (χ1v) is 9.03. The maximum absolute atomic E-state index is 13.0. The largest absolute Gasteiger partial charge is 0.467 e. The van der Waals surface area contributed by atoms with Crippen LogP contribution in [0.2, 0.25) is 0 Å². The van der Waals surface area contributed by atoms with Gasteiger partial charge in [0.25, 0.3) is 11.8 Å². The van der Waals surface area contributed by atoms with Crippen LogP contribution >= 0.6 is 11.5 Å². The lowest BCUT2D eigenvalue weighted by Gasteiger charge is -2.35. The monoisotopic (exact) mass is 364 g/mol. The molecule has 0 bridgehead atoms. The summed E-state index contributed by atoms with van der Waals surface area (Å²) in [5.74, 6) is -0.216. The summed E-state index contributed by atoms with van der Waals surface area (Å²) in [5.41, 5.74) is -0.209. The van der Waals surface area contributed by atoms with Gasteiger partial charge in [0.05, 0.1) is 6.26 Å². The zero-order valence-electron chi connectivity index (χ0n) is 15.1. The van der Waals surface area contributed by atoms with Crippen molar-refractivity contribution in [3.05, 3.63) is 35.2 Å². The van der Waals surface area contributed by atoms with Gasteiger partial charge in [0.15, 0.2) is 11.7 Å². The van der Waals surface area contributed by atoms with E-state index in [0.29, 0.717) is 12.2 Å². The Hall–Kier alpha value is -2.22. The third-order valence-corrected chi connectivity index (χ3v) is 4.22. The van der Waals surface area contributed by atoms with Gasteiger partial charge in [-0.25, -0.2) is 0 Å². The highest BCUT2D eigenvalue weighted by atomic mass is 32.1. The first kappa shape index (κ1) is 19.1. The summed E-state index contributed by atoms with van der Waals surface area (Å²) in [6, 6.07) is 2.35. The molecule has 0 aliphatic heterocycles. The van der Waals surface area contributed by atoms with Crippen molar-refractivity contribution in [1.82, 2.24) is 19.8 Å². The maximum Gasteiger partial charge on any atom is 0.276 e. The molecule has 2 rings (SSSR count). The van der Waals surface area contributed by atoms with Gasteiger partial charge in [-0.15, -0.1) is 5.10 Å². The number of nitrogens with zero attached hydrogens (tertiary/aromatic N) is 3. The lowest BCUT2D eigenvalue weighted by Crippen LogP contribution is -2.51. The number of aromatic nitrogens is 2. The van der Waals surface area contributed by atoms with Gasteiger partial charge in [-0.05, 0) is 57.8 Å². The van der Waals surface area contributed by atoms with E-state index in [9.17, 15) is 9.59 Å². The lowest BCUT2D eigenvalue weighted by atomic mass is 10.0. The molecule has 2 heterocycles. The molecule has 0 aliphatic carbocycles. The summed E-state index contributed by atoms with van der Waals surface area (Å²) in [4.78, 5) is 27.5. The van der Waals surface area contributed by atoms with Crippen molar-refractivity contribution in [2.24, 2.45) is 0 Å². The molecule has 7 nitrogen and oxygen atoms in total. The van der Waals surface area contributed by atoms with E-state index in [-0.39, 0.29) is 23.6 Å².